The standard InChI is InChI=1S/C17H26ClN3O4S/c1-26(23,24)21-11-8-15(9-12-21)20-17(22)19-10-2-3-13-25-16-6-4-14(18)5-7-16/h4-7,15H,2-3,8-13H2,1H3,(H2,19,20,22). The van der Waals surface area contributed by atoms with Gasteiger partial charge in [-0.1, -0.05) is 11.6 Å². The van der Waals surface area contributed by atoms with Gasteiger partial charge in [-0.05, 0) is 49.9 Å². The van der Waals surface area contributed by atoms with Crippen LogP contribution in [-0.2, 0) is 10.0 Å². The quantitative estimate of drug-likeness (QED) is 0.651. The molecular weight excluding hydrogens is 378 g/mol. The molecule has 0 saturated carbocycles. The summed E-state index contributed by atoms with van der Waals surface area (Å²) in [4.78, 5) is 11.9. The molecule has 0 atom stereocenters. The molecule has 0 spiro atoms. The van der Waals surface area contributed by atoms with Crippen molar-refractivity contribution in [3.63, 3.8) is 0 Å². The second kappa shape index (κ2) is 9.99. The monoisotopic (exact) mass is 403 g/mol. The highest BCUT2D eigenvalue weighted by Gasteiger charge is 2.25. The maximum absolute atomic E-state index is 11.9. The van der Waals surface area contributed by atoms with Crippen LogP contribution in [0, 0.1) is 0 Å². The second-order valence-corrected chi connectivity index (χ2v) is 8.76. The van der Waals surface area contributed by atoms with Crippen LogP contribution in [-0.4, -0.2) is 57.3 Å². The third kappa shape index (κ3) is 7.39. The molecule has 1 aliphatic heterocycles. The molecule has 1 aliphatic rings. The number of rotatable bonds is 8. The molecule has 2 amide bonds. The van der Waals surface area contributed by atoms with Crippen LogP contribution in [0.25, 0.3) is 0 Å². The predicted molar refractivity (Wildman–Crippen MR) is 102 cm³/mol. The lowest BCUT2D eigenvalue weighted by molar-refractivity contribution is 0.227. The lowest BCUT2D eigenvalue weighted by Gasteiger charge is -2.30. The van der Waals surface area contributed by atoms with E-state index in [1.54, 1.807) is 12.1 Å². The largest absolute Gasteiger partial charge is 0.494 e. The first-order chi connectivity index (χ1) is 12.3. The number of carbonyl (C=O) groups excluding carboxylic acids is 1. The Morgan fingerprint density at radius 1 is 1.23 bits per heavy atom. The Morgan fingerprint density at radius 2 is 1.88 bits per heavy atom. The van der Waals surface area contributed by atoms with E-state index in [1.165, 1.54) is 10.6 Å². The minimum absolute atomic E-state index is 0.0150. The molecule has 1 heterocycles. The highest BCUT2D eigenvalue weighted by Crippen LogP contribution is 2.15. The second-order valence-electron chi connectivity index (χ2n) is 6.35. The number of ether oxygens (including phenoxy) is 1. The summed E-state index contributed by atoms with van der Waals surface area (Å²) < 4.78 is 30.0. The molecule has 7 nitrogen and oxygen atoms in total. The summed E-state index contributed by atoms with van der Waals surface area (Å²) in [7, 11) is -3.14. The normalized spacial score (nSPS) is 16.2. The molecule has 1 fully saturated rings. The van der Waals surface area contributed by atoms with Crippen molar-refractivity contribution in [2.24, 2.45) is 0 Å². The fraction of sp³-hybridized carbons (Fsp3) is 0.588. The van der Waals surface area contributed by atoms with Crippen molar-refractivity contribution in [1.29, 1.82) is 0 Å². The van der Waals surface area contributed by atoms with E-state index in [-0.39, 0.29) is 12.1 Å². The number of unbranched alkanes of at least 4 members (excludes halogenated alkanes) is 1. The Labute approximate surface area is 160 Å². The fourth-order valence-corrected chi connectivity index (χ4v) is 3.72. The van der Waals surface area contributed by atoms with Crippen molar-refractivity contribution < 1.29 is 17.9 Å². The molecule has 1 aromatic carbocycles. The summed E-state index contributed by atoms with van der Waals surface area (Å²) in [6, 6.07) is 7.01. The van der Waals surface area contributed by atoms with Crippen molar-refractivity contribution in [2.75, 3.05) is 32.5 Å². The summed E-state index contributed by atoms with van der Waals surface area (Å²) >= 11 is 5.81. The van der Waals surface area contributed by atoms with Gasteiger partial charge in [0.15, 0.2) is 0 Å². The molecule has 26 heavy (non-hydrogen) atoms. The minimum atomic E-state index is -3.14. The summed E-state index contributed by atoms with van der Waals surface area (Å²) in [5.41, 5.74) is 0. The van der Waals surface area contributed by atoms with Gasteiger partial charge in [0, 0.05) is 30.7 Å². The Hall–Kier alpha value is -1.51. The predicted octanol–water partition coefficient (Wildman–Crippen LogP) is 2.22. The highest BCUT2D eigenvalue weighted by molar-refractivity contribution is 7.88. The topological polar surface area (TPSA) is 87.7 Å². The van der Waals surface area contributed by atoms with Gasteiger partial charge >= 0.3 is 6.03 Å². The van der Waals surface area contributed by atoms with E-state index in [0.29, 0.717) is 44.1 Å². The van der Waals surface area contributed by atoms with Gasteiger partial charge in [-0.3, -0.25) is 0 Å². The molecule has 146 valence electrons. The number of halogens is 1. The van der Waals surface area contributed by atoms with Crippen LogP contribution >= 0.6 is 11.6 Å². The van der Waals surface area contributed by atoms with Crippen molar-refractivity contribution in [3.05, 3.63) is 29.3 Å². The fourth-order valence-electron chi connectivity index (χ4n) is 2.72. The maximum atomic E-state index is 11.9. The Kier molecular flexibility index (Phi) is 7.99. The highest BCUT2D eigenvalue weighted by atomic mass is 35.5. The van der Waals surface area contributed by atoms with Gasteiger partial charge in [-0.25, -0.2) is 17.5 Å². The van der Waals surface area contributed by atoms with E-state index >= 15 is 0 Å². The Balaban J connectivity index is 1.52. The van der Waals surface area contributed by atoms with Gasteiger partial charge in [0.2, 0.25) is 10.0 Å². The van der Waals surface area contributed by atoms with Crippen LogP contribution in [0.3, 0.4) is 0 Å². The van der Waals surface area contributed by atoms with Gasteiger partial charge in [0.05, 0.1) is 12.9 Å². The van der Waals surface area contributed by atoms with Crippen LogP contribution < -0.4 is 15.4 Å². The number of nitrogens with zero attached hydrogens (tertiary/aromatic N) is 1. The van der Waals surface area contributed by atoms with Gasteiger partial charge in [-0.2, -0.15) is 0 Å². The van der Waals surface area contributed by atoms with Gasteiger partial charge in [0.25, 0.3) is 0 Å². The molecule has 0 unspecified atom stereocenters. The van der Waals surface area contributed by atoms with Gasteiger partial charge < -0.3 is 15.4 Å². The molecule has 0 radical (unpaired) electrons. The van der Waals surface area contributed by atoms with E-state index < -0.39 is 10.0 Å². The lowest BCUT2D eigenvalue weighted by atomic mass is 10.1. The number of carbonyl (C=O) groups is 1. The molecular formula is C17H26ClN3O4S. The van der Waals surface area contributed by atoms with Crippen LogP contribution in [0.4, 0.5) is 4.79 Å². The molecule has 0 aliphatic carbocycles. The van der Waals surface area contributed by atoms with Crippen LogP contribution in [0.15, 0.2) is 24.3 Å². The number of sulfonamides is 1. The SMILES string of the molecule is CS(=O)(=O)N1CCC(NC(=O)NCCCCOc2ccc(Cl)cc2)CC1. The average molecular weight is 404 g/mol. The Morgan fingerprint density at radius 3 is 2.50 bits per heavy atom. The first-order valence-corrected chi connectivity index (χ1v) is 10.9. The van der Waals surface area contributed by atoms with Crippen LogP contribution in [0.5, 0.6) is 5.75 Å². The molecule has 9 heteroatoms. The van der Waals surface area contributed by atoms with Crippen molar-refractivity contribution in [3.8, 4) is 5.75 Å². The average Bonchev–Trinajstić information content (AvgIpc) is 2.59. The summed E-state index contributed by atoms with van der Waals surface area (Å²) in [5, 5.41) is 6.40. The molecule has 2 rings (SSSR count). The zero-order valence-electron chi connectivity index (χ0n) is 14.9. The van der Waals surface area contributed by atoms with Crippen molar-refractivity contribution >= 4 is 27.7 Å². The molecule has 1 saturated heterocycles. The minimum Gasteiger partial charge on any atom is -0.494 e. The number of hydrogen-bond acceptors (Lipinski definition) is 4. The number of urea groups is 1. The zero-order chi connectivity index (χ0) is 19.0. The number of piperidine rings is 1. The van der Waals surface area contributed by atoms with Crippen molar-refractivity contribution in [2.45, 2.75) is 31.7 Å². The first-order valence-electron chi connectivity index (χ1n) is 8.72. The van der Waals surface area contributed by atoms with E-state index in [4.69, 9.17) is 16.3 Å². The first kappa shape index (κ1) is 20.8. The molecule has 0 aromatic heterocycles. The zero-order valence-corrected chi connectivity index (χ0v) is 16.5. The number of hydrogen-bond donors (Lipinski definition) is 2. The van der Waals surface area contributed by atoms with E-state index in [0.717, 1.165) is 18.6 Å². The number of benzene rings is 1. The molecule has 2 N–H and O–H groups in total. The molecule has 0 bridgehead atoms. The maximum Gasteiger partial charge on any atom is 0.315 e. The van der Waals surface area contributed by atoms with Crippen molar-refractivity contribution in [1.82, 2.24) is 14.9 Å². The third-order valence-electron chi connectivity index (χ3n) is 4.20. The third-order valence-corrected chi connectivity index (χ3v) is 5.75. The van der Waals surface area contributed by atoms with E-state index in [2.05, 4.69) is 10.6 Å². The summed E-state index contributed by atoms with van der Waals surface area (Å²) in [6.07, 6.45) is 4.12. The van der Waals surface area contributed by atoms with E-state index in [1.807, 2.05) is 12.1 Å². The lowest BCUT2D eigenvalue weighted by Crippen LogP contribution is -2.49. The summed E-state index contributed by atoms with van der Waals surface area (Å²) in [6.45, 7) is 2.05. The van der Waals surface area contributed by atoms with E-state index in [9.17, 15) is 13.2 Å². The Bertz CT molecular complexity index is 674. The van der Waals surface area contributed by atoms with Gasteiger partial charge in [0.1, 0.15) is 5.75 Å². The van der Waals surface area contributed by atoms with Gasteiger partial charge in [-0.15, -0.1) is 0 Å². The molecule has 1 aromatic rings. The summed E-state index contributed by atoms with van der Waals surface area (Å²) in [5.74, 6) is 0.778. The number of nitrogens with one attached hydrogen (secondary N) is 2. The van der Waals surface area contributed by atoms with Crippen LogP contribution in [0.1, 0.15) is 25.7 Å². The van der Waals surface area contributed by atoms with Crippen LogP contribution in [0.2, 0.25) is 5.02 Å². The smallest absolute Gasteiger partial charge is 0.315 e. The number of amides is 2.